The summed E-state index contributed by atoms with van der Waals surface area (Å²) in [5, 5.41) is 0. The predicted molar refractivity (Wildman–Crippen MR) is 71.6 cm³/mol. The van der Waals surface area contributed by atoms with E-state index < -0.39 is 0 Å². The van der Waals surface area contributed by atoms with Crippen LogP contribution >= 0.6 is 0 Å². The van der Waals surface area contributed by atoms with Crippen LogP contribution in [-0.4, -0.2) is 18.6 Å². The van der Waals surface area contributed by atoms with Gasteiger partial charge in [-0.25, -0.2) is 4.79 Å². The fourth-order valence-electron chi connectivity index (χ4n) is 1.56. The van der Waals surface area contributed by atoms with E-state index in [-0.39, 0.29) is 12.0 Å². The minimum Gasteiger partial charge on any atom is -0.462 e. The molecular weight excluding hydrogens is 214 g/mol. The highest BCUT2D eigenvalue weighted by molar-refractivity contribution is 5.86. The number of hydrogen-bond acceptors (Lipinski definition) is 3. The van der Waals surface area contributed by atoms with E-state index in [0.717, 1.165) is 19.3 Å². The number of ether oxygens (including phenoxy) is 1. The average Bonchev–Trinajstić information content (AvgIpc) is 2.25. The molecule has 0 aliphatic heterocycles. The van der Waals surface area contributed by atoms with E-state index in [1.54, 1.807) is 6.92 Å². The van der Waals surface area contributed by atoms with Crippen molar-refractivity contribution in [1.82, 2.24) is 0 Å². The second-order valence-corrected chi connectivity index (χ2v) is 5.21. The molecule has 0 rings (SSSR count). The first kappa shape index (κ1) is 16.2. The van der Waals surface area contributed by atoms with Crippen LogP contribution in [0, 0.1) is 11.8 Å². The van der Waals surface area contributed by atoms with Crippen molar-refractivity contribution in [3.8, 4) is 0 Å². The molecule has 3 atom stereocenters. The van der Waals surface area contributed by atoms with Gasteiger partial charge < -0.3 is 10.5 Å². The molecule has 17 heavy (non-hydrogen) atoms. The molecule has 0 aliphatic carbocycles. The highest BCUT2D eigenvalue weighted by Crippen LogP contribution is 2.20. The van der Waals surface area contributed by atoms with Gasteiger partial charge in [0, 0.05) is 11.6 Å². The van der Waals surface area contributed by atoms with Crippen LogP contribution in [0.4, 0.5) is 0 Å². The van der Waals surface area contributed by atoms with Gasteiger partial charge in [-0.05, 0) is 44.9 Å². The number of carbonyl (C=O) groups excluding carboxylic acids is 1. The summed E-state index contributed by atoms with van der Waals surface area (Å²) in [4.78, 5) is 11.2. The van der Waals surface area contributed by atoms with Crippen molar-refractivity contribution in [3.63, 3.8) is 0 Å². The normalized spacial score (nSPS) is 16.1. The predicted octanol–water partition coefficient (Wildman–Crippen LogP) is 2.90. The zero-order chi connectivity index (χ0) is 13.4. The molecule has 0 aromatic heterocycles. The molecule has 2 N–H and O–H groups in total. The van der Waals surface area contributed by atoms with Crippen LogP contribution in [0.15, 0.2) is 12.2 Å². The maximum atomic E-state index is 11.2. The van der Waals surface area contributed by atoms with Crippen molar-refractivity contribution < 1.29 is 9.53 Å². The van der Waals surface area contributed by atoms with E-state index in [1.807, 2.05) is 6.92 Å². The molecule has 0 heterocycles. The maximum absolute atomic E-state index is 11.2. The highest BCUT2D eigenvalue weighted by atomic mass is 16.5. The minimum atomic E-state index is -0.291. The molecule has 0 aromatic carbocycles. The van der Waals surface area contributed by atoms with Crippen LogP contribution in [0.2, 0.25) is 0 Å². The third-order valence-electron chi connectivity index (χ3n) is 3.20. The second kappa shape index (κ2) is 8.29. The highest BCUT2D eigenvalue weighted by Gasteiger charge is 2.13. The Kier molecular flexibility index (Phi) is 7.88. The minimum absolute atomic E-state index is 0.269. The van der Waals surface area contributed by atoms with Gasteiger partial charge in [0.1, 0.15) is 0 Å². The van der Waals surface area contributed by atoms with Gasteiger partial charge in [-0.1, -0.05) is 20.4 Å². The molecule has 0 saturated heterocycles. The third kappa shape index (κ3) is 7.97. The Morgan fingerprint density at radius 3 is 2.18 bits per heavy atom. The van der Waals surface area contributed by atoms with Crippen LogP contribution < -0.4 is 5.73 Å². The van der Waals surface area contributed by atoms with Gasteiger partial charge in [-0.3, -0.25) is 0 Å². The zero-order valence-electron chi connectivity index (χ0n) is 11.7. The van der Waals surface area contributed by atoms with E-state index in [2.05, 4.69) is 20.4 Å². The van der Waals surface area contributed by atoms with Gasteiger partial charge >= 0.3 is 5.97 Å². The largest absolute Gasteiger partial charge is 0.462 e. The molecule has 0 fully saturated rings. The molecular formula is C14H27NO2. The Morgan fingerprint density at radius 1 is 1.18 bits per heavy atom. The smallest absolute Gasteiger partial charge is 0.333 e. The first-order valence-corrected chi connectivity index (χ1v) is 6.42. The van der Waals surface area contributed by atoms with Crippen LogP contribution in [0.1, 0.15) is 47.0 Å². The SMILES string of the molecule is C=C(C)C(=O)OCCC(C)C(C)CCC(C)N. The summed E-state index contributed by atoms with van der Waals surface area (Å²) in [5.74, 6) is 0.872. The quantitative estimate of drug-likeness (QED) is 0.525. The number of hydrogen-bond donors (Lipinski definition) is 1. The number of nitrogens with two attached hydrogens (primary N) is 1. The van der Waals surface area contributed by atoms with Gasteiger partial charge in [0.25, 0.3) is 0 Å². The van der Waals surface area contributed by atoms with E-state index in [4.69, 9.17) is 10.5 Å². The maximum Gasteiger partial charge on any atom is 0.333 e. The monoisotopic (exact) mass is 241 g/mol. The van der Waals surface area contributed by atoms with Crippen LogP contribution in [-0.2, 0) is 9.53 Å². The van der Waals surface area contributed by atoms with Crippen molar-refractivity contribution in [2.45, 2.75) is 53.0 Å². The molecule has 0 radical (unpaired) electrons. The molecule has 0 aromatic rings. The molecule has 0 amide bonds. The molecule has 0 spiro atoms. The van der Waals surface area contributed by atoms with Gasteiger partial charge in [0.15, 0.2) is 0 Å². The molecule has 3 nitrogen and oxygen atoms in total. The van der Waals surface area contributed by atoms with Crippen molar-refractivity contribution in [3.05, 3.63) is 12.2 Å². The molecule has 0 saturated carbocycles. The number of esters is 1. The Bertz CT molecular complexity index is 249. The molecule has 100 valence electrons. The summed E-state index contributed by atoms with van der Waals surface area (Å²) in [6.45, 7) is 12.2. The van der Waals surface area contributed by atoms with Crippen molar-refractivity contribution in [2.75, 3.05) is 6.61 Å². The summed E-state index contributed by atoms with van der Waals surface area (Å²) in [6.07, 6.45) is 3.09. The Hall–Kier alpha value is -0.830. The summed E-state index contributed by atoms with van der Waals surface area (Å²) in [5.41, 5.74) is 6.20. The van der Waals surface area contributed by atoms with E-state index in [1.165, 1.54) is 0 Å². The lowest BCUT2D eigenvalue weighted by Gasteiger charge is -2.20. The summed E-state index contributed by atoms with van der Waals surface area (Å²) in [7, 11) is 0. The van der Waals surface area contributed by atoms with E-state index in [0.29, 0.717) is 24.0 Å². The number of rotatable bonds is 8. The fourth-order valence-corrected chi connectivity index (χ4v) is 1.56. The summed E-state index contributed by atoms with van der Waals surface area (Å²) >= 11 is 0. The van der Waals surface area contributed by atoms with Crippen molar-refractivity contribution >= 4 is 5.97 Å². The average molecular weight is 241 g/mol. The van der Waals surface area contributed by atoms with Gasteiger partial charge in [0.2, 0.25) is 0 Å². The van der Waals surface area contributed by atoms with Crippen LogP contribution in [0.3, 0.4) is 0 Å². The van der Waals surface area contributed by atoms with Crippen LogP contribution in [0.25, 0.3) is 0 Å². The van der Waals surface area contributed by atoms with E-state index >= 15 is 0 Å². The standard InChI is InChI=1S/C14H27NO2/c1-10(2)14(16)17-9-8-12(4)11(3)6-7-13(5)15/h11-13H,1,6-9,15H2,2-5H3. The Labute approximate surface area is 105 Å². The first-order valence-electron chi connectivity index (χ1n) is 6.42. The molecule has 3 unspecified atom stereocenters. The summed E-state index contributed by atoms with van der Waals surface area (Å²) in [6, 6.07) is 0.269. The van der Waals surface area contributed by atoms with Crippen LogP contribution in [0.5, 0.6) is 0 Å². The number of carbonyl (C=O) groups is 1. The lowest BCUT2D eigenvalue weighted by Crippen LogP contribution is -2.19. The lowest BCUT2D eigenvalue weighted by molar-refractivity contribution is -0.139. The van der Waals surface area contributed by atoms with Gasteiger partial charge in [-0.2, -0.15) is 0 Å². The Morgan fingerprint density at radius 2 is 1.71 bits per heavy atom. The molecule has 0 aliphatic rings. The second-order valence-electron chi connectivity index (χ2n) is 5.21. The Balaban J connectivity index is 3.74. The summed E-state index contributed by atoms with van der Waals surface area (Å²) < 4.78 is 5.09. The third-order valence-corrected chi connectivity index (χ3v) is 3.20. The van der Waals surface area contributed by atoms with E-state index in [9.17, 15) is 4.79 Å². The molecule has 3 heteroatoms. The lowest BCUT2D eigenvalue weighted by atomic mass is 9.88. The topological polar surface area (TPSA) is 52.3 Å². The van der Waals surface area contributed by atoms with Crippen molar-refractivity contribution in [1.29, 1.82) is 0 Å². The zero-order valence-corrected chi connectivity index (χ0v) is 11.7. The molecule has 0 bridgehead atoms. The fraction of sp³-hybridized carbons (Fsp3) is 0.786. The van der Waals surface area contributed by atoms with Crippen molar-refractivity contribution in [2.24, 2.45) is 17.6 Å². The van der Waals surface area contributed by atoms with Gasteiger partial charge in [0.05, 0.1) is 6.61 Å². The first-order chi connectivity index (χ1) is 7.84. The van der Waals surface area contributed by atoms with Gasteiger partial charge in [-0.15, -0.1) is 0 Å².